The Labute approximate surface area is 190 Å². The summed E-state index contributed by atoms with van der Waals surface area (Å²) >= 11 is 0. The minimum absolute atomic E-state index is 0. The number of nitrogens with two attached hydrogens (primary N) is 1. The Bertz CT molecular complexity index is 794. The van der Waals surface area contributed by atoms with Crippen LogP contribution in [0.5, 0.6) is 5.75 Å². The van der Waals surface area contributed by atoms with Crippen LogP contribution in [-0.4, -0.2) is 32.1 Å². The molecule has 1 atom stereocenters. The van der Waals surface area contributed by atoms with Crippen molar-refractivity contribution in [3.8, 4) is 5.75 Å². The van der Waals surface area contributed by atoms with Gasteiger partial charge in [0.2, 0.25) is 5.91 Å². The average molecular weight is 510 g/mol. The van der Waals surface area contributed by atoms with Gasteiger partial charge in [-0.25, -0.2) is 4.99 Å². The Balaban J connectivity index is 0.00000420. The smallest absolute Gasteiger partial charge is 0.248 e. The van der Waals surface area contributed by atoms with E-state index >= 15 is 0 Å². The summed E-state index contributed by atoms with van der Waals surface area (Å²) in [6.45, 7) is 6.31. The molecule has 0 spiro atoms. The first-order valence-electron chi connectivity index (χ1n) is 9.58. The summed E-state index contributed by atoms with van der Waals surface area (Å²) in [7, 11) is 1.67. The molecule has 0 aliphatic rings. The van der Waals surface area contributed by atoms with Gasteiger partial charge in [-0.05, 0) is 54.7 Å². The largest absolute Gasteiger partial charge is 0.497 e. The maximum Gasteiger partial charge on any atom is 0.248 e. The molecule has 4 N–H and O–H groups in total. The molecular weight excluding hydrogens is 479 g/mol. The number of hydrogen-bond acceptors (Lipinski definition) is 3. The number of benzene rings is 2. The molecule has 2 rings (SSSR count). The molecule has 0 aliphatic heterocycles. The highest BCUT2D eigenvalue weighted by molar-refractivity contribution is 14.0. The molecule has 7 heteroatoms. The van der Waals surface area contributed by atoms with Gasteiger partial charge in [0, 0.05) is 18.7 Å². The van der Waals surface area contributed by atoms with Gasteiger partial charge in [0.15, 0.2) is 5.96 Å². The molecule has 0 fully saturated rings. The maximum absolute atomic E-state index is 11.3. The van der Waals surface area contributed by atoms with Crippen LogP contribution in [0.25, 0.3) is 0 Å². The van der Waals surface area contributed by atoms with Gasteiger partial charge in [-0.1, -0.05) is 31.2 Å². The summed E-state index contributed by atoms with van der Waals surface area (Å²) in [4.78, 5) is 15.9. The number of nitrogens with one attached hydrogen (secondary N) is 2. The second-order valence-corrected chi connectivity index (χ2v) is 6.65. The SMILES string of the molecule is CCNC(=NCc1cccc(C(N)=O)c1)NCCC(C)c1ccc(OC)cc1.I. The van der Waals surface area contributed by atoms with E-state index in [4.69, 9.17) is 10.5 Å². The lowest BCUT2D eigenvalue weighted by molar-refractivity contribution is 0.1000. The van der Waals surface area contributed by atoms with Gasteiger partial charge in [0.1, 0.15) is 5.75 Å². The second-order valence-electron chi connectivity index (χ2n) is 6.65. The van der Waals surface area contributed by atoms with E-state index in [0.717, 1.165) is 36.8 Å². The molecule has 6 nitrogen and oxygen atoms in total. The number of amides is 1. The van der Waals surface area contributed by atoms with Crippen LogP contribution in [0.4, 0.5) is 0 Å². The Morgan fingerprint density at radius 2 is 1.90 bits per heavy atom. The van der Waals surface area contributed by atoms with E-state index in [1.165, 1.54) is 5.56 Å². The van der Waals surface area contributed by atoms with Crippen LogP contribution in [-0.2, 0) is 6.54 Å². The fourth-order valence-electron chi connectivity index (χ4n) is 2.84. The Hall–Kier alpha value is -2.29. The van der Waals surface area contributed by atoms with E-state index in [9.17, 15) is 4.79 Å². The highest BCUT2D eigenvalue weighted by Gasteiger charge is 2.07. The summed E-state index contributed by atoms with van der Waals surface area (Å²) in [5, 5.41) is 6.62. The number of methoxy groups -OCH3 is 1. The number of ether oxygens (including phenoxy) is 1. The van der Waals surface area contributed by atoms with E-state index in [-0.39, 0.29) is 24.0 Å². The molecule has 0 bridgehead atoms. The molecular formula is C22H31IN4O2. The van der Waals surface area contributed by atoms with Crippen LogP contribution >= 0.6 is 24.0 Å². The van der Waals surface area contributed by atoms with Crippen LogP contribution in [0.15, 0.2) is 53.5 Å². The highest BCUT2D eigenvalue weighted by Crippen LogP contribution is 2.21. The predicted molar refractivity (Wildman–Crippen MR) is 129 cm³/mol. The van der Waals surface area contributed by atoms with Gasteiger partial charge < -0.3 is 21.1 Å². The van der Waals surface area contributed by atoms with Crippen molar-refractivity contribution in [2.24, 2.45) is 10.7 Å². The highest BCUT2D eigenvalue weighted by atomic mass is 127. The molecule has 2 aromatic carbocycles. The van der Waals surface area contributed by atoms with Crippen molar-refractivity contribution < 1.29 is 9.53 Å². The predicted octanol–water partition coefficient (Wildman–Crippen LogP) is 3.66. The zero-order chi connectivity index (χ0) is 20.4. The minimum atomic E-state index is -0.427. The number of carbonyl (C=O) groups excluding carboxylic acids is 1. The van der Waals surface area contributed by atoms with Gasteiger partial charge in [-0.2, -0.15) is 0 Å². The van der Waals surface area contributed by atoms with Crippen molar-refractivity contribution in [2.75, 3.05) is 20.2 Å². The third kappa shape index (κ3) is 8.31. The molecule has 1 unspecified atom stereocenters. The van der Waals surface area contributed by atoms with Gasteiger partial charge in [-0.15, -0.1) is 24.0 Å². The fraction of sp³-hybridized carbons (Fsp3) is 0.364. The number of rotatable bonds is 9. The van der Waals surface area contributed by atoms with E-state index in [1.54, 1.807) is 19.2 Å². The third-order valence-corrected chi connectivity index (χ3v) is 4.53. The first kappa shape index (κ1) is 24.7. The number of guanidine groups is 1. The molecule has 158 valence electrons. The zero-order valence-corrected chi connectivity index (χ0v) is 19.6. The number of aliphatic imine (C=N–C) groups is 1. The molecule has 2 aromatic rings. The maximum atomic E-state index is 11.3. The lowest BCUT2D eigenvalue weighted by Crippen LogP contribution is -2.38. The summed E-state index contributed by atoms with van der Waals surface area (Å²) in [5.74, 6) is 1.63. The third-order valence-electron chi connectivity index (χ3n) is 4.53. The normalized spacial score (nSPS) is 11.9. The van der Waals surface area contributed by atoms with Crippen LogP contribution < -0.4 is 21.1 Å². The van der Waals surface area contributed by atoms with Crippen molar-refractivity contribution in [3.63, 3.8) is 0 Å². The van der Waals surface area contributed by atoms with Crippen LogP contribution in [0.1, 0.15) is 47.7 Å². The first-order chi connectivity index (χ1) is 13.5. The summed E-state index contributed by atoms with van der Waals surface area (Å²) in [5.41, 5.74) is 8.07. The molecule has 0 heterocycles. The molecule has 1 amide bonds. The van der Waals surface area contributed by atoms with Crippen LogP contribution in [0, 0.1) is 0 Å². The Morgan fingerprint density at radius 3 is 2.52 bits per heavy atom. The summed E-state index contributed by atoms with van der Waals surface area (Å²) < 4.78 is 5.21. The number of nitrogens with zero attached hydrogens (tertiary/aromatic N) is 1. The van der Waals surface area contributed by atoms with Crippen molar-refractivity contribution in [1.29, 1.82) is 0 Å². The molecule has 0 saturated carbocycles. The van der Waals surface area contributed by atoms with Gasteiger partial charge >= 0.3 is 0 Å². The lowest BCUT2D eigenvalue weighted by Gasteiger charge is -2.15. The number of carbonyl (C=O) groups is 1. The standard InChI is InChI=1S/C22H30N4O2.HI/c1-4-24-22(26-15-17-6-5-7-19(14-17)21(23)27)25-13-12-16(2)18-8-10-20(28-3)11-9-18;/h5-11,14,16H,4,12-13,15H2,1-3H3,(H2,23,27)(H2,24,25,26);1H. The molecule has 29 heavy (non-hydrogen) atoms. The van der Waals surface area contributed by atoms with E-state index < -0.39 is 5.91 Å². The fourth-order valence-corrected chi connectivity index (χ4v) is 2.84. The van der Waals surface area contributed by atoms with Crippen molar-refractivity contribution in [1.82, 2.24) is 10.6 Å². The number of primary amides is 1. The Morgan fingerprint density at radius 1 is 1.17 bits per heavy atom. The van der Waals surface area contributed by atoms with Gasteiger partial charge in [0.25, 0.3) is 0 Å². The van der Waals surface area contributed by atoms with Crippen molar-refractivity contribution >= 4 is 35.8 Å². The quantitative estimate of drug-likeness (QED) is 0.273. The lowest BCUT2D eigenvalue weighted by atomic mass is 9.98. The molecule has 0 radical (unpaired) electrons. The van der Waals surface area contributed by atoms with Gasteiger partial charge in [0.05, 0.1) is 13.7 Å². The van der Waals surface area contributed by atoms with E-state index in [0.29, 0.717) is 18.0 Å². The van der Waals surface area contributed by atoms with Crippen LogP contribution in [0.2, 0.25) is 0 Å². The topological polar surface area (TPSA) is 88.7 Å². The van der Waals surface area contributed by atoms with Crippen molar-refractivity contribution in [3.05, 3.63) is 65.2 Å². The van der Waals surface area contributed by atoms with Crippen molar-refractivity contribution in [2.45, 2.75) is 32.7 Å². The summed E-state index contributed by atoms with van der Waals surface area (Å²) in [6.07, 6.45) is 0.980. The Kier molecular flexibility index (Phi) is 11.1. The summed E-state index contributed by atoms with van der Waals surface area (Å²) in [6, 6.07) is 15.4. The average Bonchev–Trinajstić information content (AvgIpc) is 2.72. The van der Waals surface area contributed by atoms with Gasteiger partial charge in [-0.3, -0.25) is 4.79 Å². The second kappa shape index (κ2) is 13.0. The van der Waals surface area contributed by atoms with E-state index in [2.05, 4.69) is 34.7 Å². The zero-order valence-electron chi connectivity index (χ0n) is 17.3. The minimum Gasteiger partial charge on any atom is -0.497 e. The number of hydrogen-bond donors (Lipinski definition) is 3. The van der Waals surface area contributed by atoms with E-state index in [1.807, 2.05) is 31.2 Å². The number of halogens is 1. The van der Waals surface area contributed by atoms with Crippen LogP contribution in [0.3, 0.4) is 0 Å². The monoisotopic (exact) mass is 510 g/mol. The molecule has 0 aromatic heterocycles. The molecule has 0 aliphatic carbocycles. The first-order valence-corrected chi connectivity index (χ1v) is 9.58. The molecule has 0 saturated heterocycles.